The molecule has 0 spiro atoms. The largest absolute Gasteiger partial charge is 0.469 e. The molecule has 0 radical (unpaired) electrons. The number of hydrogen-bond donors (Lipinski definition) is 4. The molecule has 1 aromatic heterocycles. The summed E-state index contributed by atoms with van der Waals surface area (Å²) in [7, 11) is -6.39. The van der Waals surface area contributed by atoms with E-state index in [9.17, 15) is 18.7 Å². The predicted molar refractivity (Wildman–Crippen MR) is 96.1 cm³/mol. The summed E-state index contributed by atoms with van der Waals surface area (Å²) in [4.78, 5) is 43.6. The molecular formula is C12H20N2O10P2S. The number of phosphoric ester groups is 1. The summed E-state index contributed by atoms with van der Waals surface area (Å²) in [6, 6.07) is 1.09. The molecule has 1 aliphatic heterocycles. The summed E-state index contributed by atoms with van der Waals surface area (Å²) < 4.78 is 45.0. The van der Waals surface area contributed by atoms with Crippen LogP contribution >= 0.6 is 27.3 Å². The van der Waals surface area contributed by atoms with E-state index in [0.717, 1.165) is 10.6 Å². The lowest BCUT2D eigenvalue weighted by molar-refractivity contribution is -0.125. The number of phosphoric acid groups is 1. The van der Waals surface area contributed by atoms with Crippen molar-refractivity contribution in [2.45, 2.75) is 37.4 Å². The van der Waals surface area contributed by atoms with Crippen molar-refractivity contribution in [3.05, 3.63) is 33.1 Å². The third kappa shape index (κ3) is 5.20. The maximum atomic E-state index is 12.1. The molecule has 12 nitrogen and oxygen atoms in total. The van der Waals surface area contributed by atoms with Crippen LogP contribution < -0.4 is 11.2 Å². The first-order valence-corrected chi connectivity index (χ1v) is 11.8. The van der Waals surface area contributed by atoms with Crippen LogP contribution in [0.25, 0.3) is 0 Å². The highest BCUT2D eigenvalue weighted by molar-refractivity contribution is 8.39. The molecule has 0 saturated carbocycles. The van der Waals surface area contributed by atoms with E-state index >= 15 is 0 Å². The topological polar surface area (TPSA) is 166 Å². The van der Waals surface area contributed by atoms with Crippen LogP contribution in [0.5, 0.6) is 0 Å². The lowest BCUT2D eigenvalue weighted by Crippen LogP contribution is -2.47. The Bertz CT molecular complexity index is 853. The van der Waals surface area contributed by atoms with Crippen molar-refractivity contribution >= 4 is 27.3 Å². The number of nitrogens with one attached hydrogen (secondary N) is 1. The van der Waals surface area contributed by atoms with Crippen LogP contribution in [0.2, 0.25) is 0 Å². The highest BCUT2D eigenvalue weighted by Gasteiger charge is 2.57. The van der Waals surface area contributed by atoms with E-state index in [1.54, 1.807) is 6.92 Å². The molecule has 1 saturated heterocycles. The molecule has 3 N–H and O–H groups in total. The zero-order valence-electron chi connectivity index (χ0n) is 14.3. The normalized spacial score (nSPS) is 29.7. The number of H-pyrrole nitrogens is 1. The van der Waals surface area contributed by atoms with E-state index in [0.29, 0.717) is 0 Å². The van der Waals surface area contributed by atoms with Gasteiger partial charge in [0, 0.05) is 19.4 Å². The van der Waals surface area contributed by atoms with Gasteiger partial charge in [0.2, 0.25) is 7.23 Å². The monoisotopic (exact) mass is 446 g/mol. The minimum atomic E-state index is -4.85. The molecule has 2 heterocycles. The van der Waals surface area contributed by atoms with Crippen LogP contribution in [0.15, 0.2) is 21.9 Å². The maximum Gasteiger partial charge on any atom is 0.469 e. The molecule has 0 amide bonds. The number of ether oxygens (including phenoxy) is 2. The first kappa shape index (κ1) is 22.5. The minimum Gasteiger partial charge on any atom is -0.374 e. The highest BCUT2D eigenvalue weighted by Crippen LogP contribution is 2.49. The number of aromatic nitrogens is 2. The van der Waals surface area contributed by atoms with Gasteiger partial charge in [-0.2, -0.15) is 0 Å². The van der Waals surface area contributed by atoms with Gasteiger partial charge in [-0.05, 0) is 6.42 Å². The van der Waals surface area contributed by atoms with Gasteiger partial charge in [-0.15, -0.1) is 0 Å². The number of nitrogens with zero attached hydrogens (tertiary/aromatic N) is 1. The van der Waals surface area contributed by atoms with Crippen LogP contribution in [-0.4, -0.2) is 50.9 Å². The SMILES string of the molecule is CC[C@]1(COP(=O)(O)O)O[C@@H](n2ccc(=O)[nH]c2=O)C(OC)[C@H]1O[PH](=O)S. The van der Waals surface area contributed by atoms with Crippen LogP contribution in [-0.2, 0) is 27.7 Å². The Hall–Kier alpha value is -0.750. The Kier molecular flexibility index (Phi) is 7.28. The zero-order chi connectivity index (χ0) is 20.4. The smallest absolute Gasteiger partial charge is 0.374 e. The van der Waals surface area contributed by atoms with Gasteiger partial charge in [-0.25, -0.2) is 9.36 Å². The molecule has 1 aromatic rings. The third-order valence-electron chi connectivity index (χ3n) is 4.15. The second-order valence-electron chi connectivity index (χ2n) is 5.71. The summed E-state index contributed by atoms with van der Waals surface area (Å²) in [5, 5.41) is 0. The molecule has 27 heavy (non-hydrogen) atoms. The number of methoxy groups -OCH3 is 1. The van der Waals surface area contributed by atoms with E-state index in [1.807, 2.05) is 0 Å². The fourth-order valence-electron chi connectivity index (χ4n) is 2.89. The summed E-state index contributed by atoms with van der Waals surface area (Å²) >= 11 is 3.75. The van der Waals surface area contributed by atoms with Gasteiger partial charge in [0.25, 0.3) is 5.56 Å². The van der Waals surface area contributed by atoms with Gasteiger partial charge in [-0.1, -0.05) is 19.2 Å². The van der Waals surface area contributed by atoms with E-state index in [4.69, 9.17) is 23.8 Å². The zero-order valence-corrected chi connectivity index (χ0v) is 17.1. The summed E-state index contributed by atoms with van der Waals surface area (Å²) in [5.74, 6) is 0. The van der Waals surface area contributed by atoms with E-state index < -0.39 is 56.9 Å². The lowest BCUT2D eigenvalue weighted by Gasteiger charge is -2.33. The number of thiol groups is 1. The van der Waals surface area contributed by atoms with Crippen molar-refractivity contribution in [2.75, 3.05) is 13.7 Å². The second kappa shape index (κ2) is 8.73. The Morgan fingerprint density at radius 1 is 1.48 bits per heavy atom. The third-order valence-corrected chi connectivity index (χ3v) is 5.39. The number of aromatic amines is 1. The predicted octanol–water partition coefficient (Wildman–Crippen LogP) is 0.0432. The van der Waals surface area contributed by atoms with E-state index in [2.05, 4.69) is 21.8 Å². The molecule has 1 fully saturated rings. The summed E-state index contributed by atoms with van der Waals surface area (Å²) in [5.41, 5.74) is -2.93. The average Bonchev–Trinajstić information content (AvgIpc) is 2.85. The molecule has 1 aliphatic rings. The van der Waals surface area contributed by atoms with Gasteiger partial charge in [0.15, 0.2) is 6.23 Å². The van der Waals surface area contributed by atoms with Crippen LogP contribution in [0.1, 0.15) is 19.6 Å². The van der Waals surface area contributed by atoms with Gasteiger partial charge in [-0.3, -0.25) is 23.4 Å². The Balaban J connectivity index is 2.51. The van der Waals surface area contributed by atoms with E-state index in [-0.39, 0.29) is 6.42 Å². The van der Waals surface area contributed by atoms with Crippen molar-refractivity contribution in [3.63, 3.8) is 0 Å². The van der Waals surface area contributed by atoms with Crippen molar-refractivity contribution < 1.29 is 37.4 Å². The molecule has 2 unspecified atom stereocenters. The fraction of sp³-hybridized carbons (Fsp3) is 0.667. The Labute approximate surface area is 159 Å². The molecule has 0 aliphatic carbocycles. The van der Waals surface area contributed by atoms with Gasteiger partial charge in [0.1, 0.15) is 17.8 Å². The molecule has 5 atom stereocenters. The summed E-state index contributed by atoms with van der Waals surface area (Å²) in [6.07, 6.45) is -2.02. The Morgan fingerprint density at radius 2 is 2.15 bits per heavy atom. The molecule has 0 bridgehead atoms. The molecular weight excluding hydrogens is 426 g/mol. The molecule has 2 rings (SSSR count). The van der Waals surface area contributed by atoms with Crippen molar-refractivity contribution in [1.29, 1.82) is 0 Å². The molecule has 154 valence electrons. The first-order chi connectivity index (χ1) is 12.5. The molecule has 15 heteroatoms. The highest BCUT2D eigenvalue weighted by atomic mass is 32.7. The second-order valence-corrected chi connectivity index (χ2v) is 8.82. The van der Waals surface area contributed by atoms with Crippen LogP contribution in [0.4, 0.5) is 0 Å². The average molecular weight is 446 g/mol. The van der Waals surface area contributed by atoms with Gasteiger partial charge >= 0.3 is 13.5 Å². The fourth-order valence-corrected chi connectivity index (χ4v) is 4.18. The van der Waals surface area contributed by atoms with E-state index in [1.165, 1.54) is 13.3 Å². The summed E-state index contributed by atoms with van der Waals surface area (Å²) in [6.45, 7) is 0.996. The lowest BCUT2D eigenvalue weighted by atomic mass is 9.93. The Morgan fingerprint density at radius 3 is 2.63 bits per heavy atom. The molecule has 0 aromatic carbocycles. The van der Waals surface area contributed by atoms with Crippen LogP contribution in [0, 0.1) is 0 Å². The quantitative estimate of drug-likeness (QED) is 0.316. The maximum absolute atomic E-state index is 12.1. The minimum absolute atomic E-state index is 0.106. The van der Waals surface area contributed by atoms with Crippen LogP contribution in [0.3, 0.4) is 0 Å². The first-order valence-electron chi connectivity index (χ1n) is 7.64. The van der Waals surface area contributed by atoms with Crippen molar-refractivity contribution in [3.8, 4) is 0 Å². The standard InChI is InChI=1S/C12H20N2O10P2S/c1-3-12(6-22-26(18,19)20)9(24-25(17)27)8(21-2)10(23-12)14-5-4-7(15)13-11(14)16/h4-5,8-10,25H,3,6H2,1-2H3,(H,17,27)(H,13,15,16)(H2,18,19,20)/t8?,9-,10-,12-/m1/s1. The number of rotatable bonds is 8. The van der Waals surface area contributed by atoms with Gasteiger partial charge in [0.05, 0.1) is 6.61 Å². The van der Waals surface area contributed by atoms with Crippen molar-refractivity contribution in [2.24, 2.45) is 0 Å². The number of hydrogen-bond acceptors (Lipinski definition) is 8. The van der Waals surface area contributed by atoms with Gasteiger partial charge < -0.3 is 23.8 Å². The van der Waals surface area contributed by atoms with Crippen molar-refractivity contribution in [1.82, 2.24) is 9.55 Å².